The van der Waals surface area contributed by atoms with Gasteiger partial charge in [-0.25, -0.2) is 12.8 Å². The van der Waals surface area contributed by atoms with Crippen LogP contribution in [-0.2, 0) is 59.6 Å². The highest BCUT2D eigenvalue weighted by Crippen LogP contribution is 2.19. The summed E-state index contributed by atoms with van der Waals surface area (Å²) in [6.45, 7) is 4.39. The Bertz CT molecular complexity index is 2420. The van der Waals surface area contributed by atoms with Crippen LogP contribution in [0.3, 0.4) is 0 Å². The van der Waals surface area contributed by atoms with Crippen molar-refractivity contribution < 1.29 is 71.3 Å². The van der Waals surface area contributed by atoms with Crippen molar-refractivity contribution in [3.8, 4) is 0 Å². The Kier molecular flexibility index (Phi) is 25.4. The Morgan fingerprint density at radius 3 is 1.69 bits per heavy atom. The Morgan fingerprint density at radius 2 is 1.18 bits per heavy atom. The van der Waals surface area contributed by atoms with Gasteiger partial charge in [-0.3, -0.25) is 43.2 Å². The number of aliphatic carboxylic acids is 3. The fraction of sp³-hybridized carbons (Fsp3) is 0.326. The van der Waals surface area contributed by atoms with Gasteiger partial charge >= 0.3 is 17.9 Å². The number of H-pyrrole nitrogens is 1. The normalized spacial score (nSPS) is 11.2. The number of carbonyl (C=O) groups is 9. The van der Waals surface area contributed by atoms with Crippen molar-refractivity contribution in [2.45, 2.75) is 70.4 Å². The summed E-state index contributed by atoms with van der Waals surface area (Å²) in [5.41, 5.74) is 8.34. The molecular weight excluding hydrogens is 904 g/mol. The second-order valence-electron chi connectivity index (χ2n) is 14.0. The molecule has 0 radical (unpaired) electrons. The zero-order chi connectivity index (χ0) is 50.7. The summed E-state index contributed by atoms with van der Waals surface area (Å²) in [6, 6.07) is 16.5. The summed E-state index contributed by atoms with van der Waals surface area (Å²) in [5.74, 6) is -8.16. The number of para-hydroxylation sites is 1. The summed E-state index contributed by atoms with van der Waals surface area (Å²) < 4.78 is 39.5. The topological polar surface area (TPSA) is 362 Å². The lowest BCUT2D eigenvalue weighted by atomic mass is 10.0. The number of carboxylic acids is 3. The minimum absolute atomic E-state index is 0.0385. The molecule has 0 bridgehead atoms. The maximum Gasteiger partial charge on any atom is 0.305 e. The number of rotatable bonds is 20. The molecule has 0 aliphatic rings. The molecule has 1 aromatic heterocycles. The number of sulfonamides is 1. The zero-order valence-electron chi connectivity index (χ0n) is 37.0. The monoisotopic (exact) mass is 958 g/mol. The van der Waals surface area contributed by atoms with Crippen molar-refractivity contribution in [3.05, 3.63) is 102 Å². The Morgan fingerprint density at radius 1 is 0.657 bits per heavy atom. The maximum atomic E-state index is 12.7. The van der Waals surface area contributed by atoms with Gasteiger partial charge in [0.05, 0.1) is 37.5 Å². The molecule has 67 heavy (non-hydrogen) atoms. The van der Waals surface area contributed by atoms with Crippen LogP contribution in [0.2, 0.25) is 0 Å². The molecule has 0 spiro atoms. The lowest BCUT2D eigenvalue weighted by Gasteiger charge is -2.18. The molecule has 3 aromatic carbocycles. The van der Waals surface area contributed by atoms with Crippen molar-refractivity contribution in [1.29, 1.82) is 0 Å². The van der Waals surface area contributed by atoms with Crippen molar-refractivity contribution in [2.75, 3.05) is 26.2 Å². The number of carbonyl (C=O) groups excluding carboxylic acids is 6. The van der Waals surface area contributed by atoms with E-state index < -0.39 is 108 Å². The van der Waals surface area contributed by atoms with E-state index >= 15 is 0 Å². The first-order valence-corrected chi connectivity index (χ1v) is 21.6. The van der Waals surface area contributed by atoms with Gasteiger partial charge in [0.25, 0.3) is 0 Å². The summed E-state index contributed by atoms with van der Waals surface area (Å²) in [4.78, 5) is 106. The molecule has 0 saturated carbocycles. The van der Waals surface area contributed by atoms with Gasteiger partial charge in [-0.05, 0) is 55.3 Å². The molecule has 364 valence electrons. The number of aromatic amines is 1. The summed E-state index contributed by atoms with van der Waals surface area (Å²) in [5, 5.41) is 36.8. The van der Waals surface area contributed by atoms with E-state index in [1.165, 1.54) is 36.4 Å². The van der Waals surface area contributed by atoms with E-state index in [9.17, 15) is 56.0 Å². The number of aryl methyl sites for hydroxylation is 2. The van der Waals surface area contributed by atoms with Gasteiger partial charge in [-0.2, -0.15) is 4.72 Å². The van der Waals surface area contributed by atoms with E-state index in [0.29, 0.717) is 5.56 Å². The van der Waals surface area contributed by atoms with Crippen LogP contribution in [0, 0.1) is 19.7 Å². The lowest BCUT2D eigenvalue weighted by molar-refractivity contribution is -0.140. The Labute approximate surface area is 384 Å². The molecule has 4 rings (SSSR count). The van der Waals surface area contributed by atoms with Gasteiger partial charge in [0.15, 0.2) is 0 Å². The molecular formula is C43H55FN8O14S. The molecule has 0 saturated heterocycles. The molecule has 0 fully saturated rings. The molecule has 0 aliphatic carbocycles. The van der Waals surface area contributed by atoms with Crippen LogP contribution in [0.25, 0.3) is 10.9 Å². The van der Waals surface area contributed by atoms with E-state index in [4.69, 9.17) is 21.1 Å². The van der Waals surface area contributed by atoms with Crippen LogP contribution >= 0.6 is 0 Å². The lowest BCUT2D eigenvalue weighted by Crippen LogP contribution is -2.52. The summed E-state index contributed by atoms with van der Waals surface area (Å²) in [7, 11) is -4.28. The van der Waals surface area contributed by atoms with Crippen molar-refractivity contribution in [3.63, 3.8) is 0 Å². The average Bonchev–Trinajstić information content (AvgIpc) is 3.68. The first-order chi connectivity index (χ1) is 31.5. The molecule has 0 aliphatic heterocycles. The molecule has 24 heteroatoms. The van der Waals surface area contributed by atoms with Gasteiger partial charge in [-0.1, -0.05) is 61.9 Å². The van der Waals surface area contributed by atoms with Crippen LogP contribution < -0.4 is 37.0 Å². The van der Waals surface area contributed by atoms with Crippen molar-refractivity contribution in [1.82, 2.24) is 36.3 Å². The quantitative estimate of drug-likeness (QED) is 0.0571. The van der Waals surface area contributed by atoms with Gasteiger partial charge in [0.1, 0.15) is 17.9 Å². The van der Waals surface area contributed by atoms with E-state index in [0.717, 1.165) is 22.0 Å². The van der Waals surface area contributed by atoms with Crippen LogP contribution in [0.4, 0.5) is 4.39 Å². The van der Waals surface area contributed by atoms with Crippen LogP contribution in [0.5, 0.6) is 0 Å². The number of hydrogen-bond acceptors (Lipinski definition) is 11. The molecule has 1 heterocycles. The minimum atomic E-state index is -4.28. The zero-order valence-corrected chi connectivity index (χ0v) is 37.8. The number of primary amides is 1. The van der Waals surface area contributed by atoms with Gasteiger partial charge in [0, 0.05) is 36.4 Å². The third-order valence-corrected chi connectivity index (χ3v) is 9.90. The largest absolute Gasteiger partial charge is 0.481 e. The summed E-state index contributed by atoms with van der Waals surface area (Å²) >= 11 is 0. The third kappa shape index (κ3) is 24.2. The fourth-order valence-electron chi connectivity index (χ4n) is 4.99. The number of nitrogens with two attached hydrogens (primary N) is 1. The number of amides is 6. The van der Waals surface area contributed by atoms with Crippen molar-refractivity contribution in [2.24, 2.45) is 5.73 Å². The number of benzene rings is 3. The van der Waals surface area contributed by atoms with Gasteiger partial charge in [0.2, 0.25) is 45.5 Å². The van der Waals surface area contributed by atoms with E-state index in [1.807, 2.05) is 35.9 Å². The highest BCUT2D eigenvalue weighted by atomic mass is 32.2. The Hall–Kier alpha value is -7.73. The molecule has 4 aromatic rings. The number of fused-ring (bicyclic) bond motifs is 1. The van der Waals surface area contributed by atoms with E-state index in [-0.39, 0.29) is 30.0 Å². The maximum absolute atomic E-state index is 12.7. The smallest absolute Gasteiger partial charge is 0.305 e. The third-order valence-electron chi connectivity index (χ3n) is 8.41. The molecule has 6 amide bonds. The van der Waals surface area contributed by atoms with Crippen molar-refractivity contribution >= 4 is 74.3 Å². The second-order valence-corrected chi connectivity index (χ2v) is 15.7. The predicted octanol–water partition coefficient (Wildman–Crippen LogP) is 0.372. The van der Waals surface area contributed by atoms with Crippen LogP contribution in [0.1, 0.15) is 49.8 Å². The number of aromatic nitrogens is 1. The van der Waals surface area contributed by atoms with Crippen LogP contribution in [-0.4, -0.2) is 120 Å². The van der Waals surface area contributed by atoms with Gasteiger partial charge in [-0.15, -0.1) is 0 Å². The SMILES string of the molecule is CCC(=O)O.CCC(=O)O.Cc1ccc(S(=O)(=O)N[C@@H](CC(=O)O)C(=O)NCC(=O)NCC(=O)NCC(=O)NC(Cc2c[nH]c3ccccc23)C(=O)NCC(N)=O)cc1.Cc1cccc(F)c1. The first kappa shape index (κ1) is 57.3. The predicted molar refractivity (Wildman–Crippen MR) is 240 cm³/mol. The Balaban J connectivity index is 0.00000104. The van der Waals surface area contributed by atoms with Crippen LogP contribution in [0.15, 0.2) is 83.9 Å². The molecule has 2 atom stereocenters. The highest BCUT2D eigenvalue weighted by molar-refractivity contribution is 7.89. The second kappa shape index (κ2) is 29.7. The standard InChI is InChI=1S/C30H36N8O10S.C7H7F.2C3H6O2/c1-17-6-8-19(9-7-17)49(47,48)38-23(11-28(43)44)30(46)36-15-26(41)33-14-25(40)34-16-27(42)37-22(29(45)35-13-24(31)39)10-18-12-32-21-5-3-2-4-20(18)21;1-6-3-2-4-7(8)5-6;2*1-2-3(4)5/h2-9,12,22-23,32,38H,10-11,13-16H2,1H3,(H2,31,39)(H,33,41)(H,34,40)(H,35,45)(H,36,46)(H,37,42)(H,43,44);2-5H,1H3;2*2H2,1H3,(H,4,5)/t22?,23-;;;/m0.../s1. The number of hydrogen-bond donors (Lipinski definition) is 11. The summed E-state index contributed by atoms with van der Waals surface area (Å²) in [6.07, 6.45) is 1.24. The number of carboxylic acid groups (broad SMARTS) is 3. The molecule has 1 unspecified atom stereocenters. The minimum Gasteiger partial charge on any atom is -0.481 e. The van der Waals surface area contributed by atoms with E-state index in [2.05, 4.69) is 31.6 Å². The molecule has 22 nitrogen and oxygen atoms in total. The number of halogens is 1. The first-order valence-electron chi connectivity index (χ1n) is 20.2. The number of nitrogens with one attached hydrogen (secondary N) is 7. The highest BCUT2D eigenvalue weighted by Gasteiger charge is 2.28. The fourth-order valence-corrected chi connectivity index (χ4v) is 6.18. The van der Waals surface area contributed by atoms with E-state index in [1.54, 1.807) is 39.1 Å². The molecule has 12 N–H and O–H groups in total. The average molecular weight is 959 g/mol. The van der Waals surface area contributed by atoms with Gasteiger partial charge < -0.3 is 52.6 Å².